The summed E-state index contributed by atoms with van der Waals surface area (Å²) in [5.74, 6) is 0.622. The molecule has 1 aliphatic rings. The molecule has 8 heteroatoms. The fourth-order valence-electron chi connectivity index (χ4n) is 3.87. The van der Waals surface area contributed by atoms with Gasteiger partial charge in [0.1, 0.15) is 0 Å². The fraction of sp³-hybridized carbons (Fsp3) is 0.269. The summed E-state index contributed by atoms with van der Waals surface area (Å²) in [6.45, 7) is 0.695. The van der Waals surface area contributed by atoms with Gasteiger partial charge < -0.3 is 5.32 Å². The third-order valence-corrected chi connectivity index (χ3v) is 9.63. The smallest absolute Gasteiger partial charge is 0.243 e. The maximum absolute atomic E-state index is 12.9. The summed E-state index contributed by atoms with van der Waals surface area (Å²) in [5.41, 5.74) is 1.96. The van der Waals surface area contributed by atoms with Crippen LogP contribution in [-0.2, 0) is 20.6 Å². The van der Waals surface area contributed by atoms with Crippen molar-refractivity contribution in [3.05, 3.63) is 84.4 Å². The summed E-state index contributed by atoms with van der Waals surface area (Å²) in [5, 5.41) is 2.99. The first-order chi connectivity index (χ1) is 16.5. The predicted octanol–water partition coefficient (Wildman–Crippen LogP) is 5.74. The average molecular weight is 513 g/mol. The molecule has 0 aliphatic carbocycles. The second kappa shape index (κ2) is 11.4. The van der Waals surface area contributed by atoms with Crippen molar-refractivity contribution in [2.45, 2.75) is 33.3 Å². The number of thioether (sulfide) groups is 2. The molecule has 1 saturated heterocycles. The molecule has 0 aromatic heterocycles. The van der Waals surface area contributed by atoms with Gasteiger partial charge in [-0.05, 0) is 73.2 Å². The molecule has 3 aromatic carbocycles. The number of benzene rings is 3. The number of hydrogen-bond acceptors (Lipinski definition) is 5. The molecule has 1 aliphatic heterocycles. The van der Waals surface area contributed by atoms with E-state index in [4.69, 9.17) is 0 Å². The van der Waals surface area contributed by atoms with Crippen LogP contribution in [0.15, 0.2) is 93.5 Å². The Morgan fingerprint density at radius 2 is 1.56 bits per heavy atom. The Morgan fingerprint density at radius 1 is 0.912 bits per heavy atom. The van der Waals surface area contributed by atoms with Gasteiger partial charge in [0.25, 0.3) is 0 Å². The molecule has 1 fully saturated rings. The second-order valence-corrected chi connectivity index (χ2v) is 12.0. The number of sulfonamides is 1. The lowest BCUT2D eigenvalue weighted by atomic mass is 9.97. The normalized spacial score (nSPS) is 15.2. The van der Waals surface area contributed by atoms with Crippen LogP contribution in [0.5, 0.6) is 0 Å². The number of anilines is 1. The molecule has 3 aromatic rings. The quantitative estimate of drug-likeness (QED) is 0.390. The van der Waals surface area contributed by atoms with E-state index < -0.39 is 10.0 Å². The summed E-state index contributed by atoms with van der Waals surface area (Å²) in [6, 6.07) is 25.1. The summed E-state index contributed by atoms with van der Waals surface area (Å²) < 4.78 is 27.4. The Labute approximate surface area is 210 Å². The average Bonchev–Trinajstić information content (AvgIpc) is 2.89. The van der Waals surface area contributed by atoms with Gasteiger partial charge in [-0.25, -0.2) is 8.42 Å². The van der Waals surface area contributed by atoms with Crippen LogP contribution in [-0.4, -0.2) is 38.0 Å². The number of piperidine rings is 1. The molecule has 0 unspecified atom stereocenters. The second-order valence-electron chi connectivity index (χ2n) is 8.14. The lowest BCUT2D eigenvalue weighted by molar-refractivity contribution is -0.120. The van der Waals surface area contributed by atoms with Gasteiger partial charge in [-0.3, -0.25) is 4.79 Å². The fourth-order valence-corrected chi connectivity index (χ4v) is 6.62. The van der Waals surface area contributed by atoms with Crippen LogP contribution < -0.4 is 5.32 Å². The Kier molecular flexibility index (Phi) is 8.37. The Bertz CT molecular complexity index is 1190. The maximum atomic E-state index is 12.9. The lowest BCUT2D eigenvalue weighted by Crippen LogP contribution is -2.41. The van der Waals surface area contributed by atoms with Crippen LogP contribution in [0.3, 0.4) is 0 Å². The van der Waals surface area contributed by atoms with E-state index >= 15 is 0 Å². The highest BCUT2D eigenvalue weighted by molar-refractivity contribution is 7.98. The SMILES string of the molecule is CSc1ccc(S(=O)(=O)N2CCC(C(=O)Nc3ccc(CSc4ccccc4)cc3)CC2)cc1. The van der Waals surface area contributed by atoms with Crippen molar-refractivity contribution in [1.82, 2.24) is 4.31 Å². The van der Waals surface area contributed by atoms with Gasteiger partial charge in [0.05, 0.1) is 4.90 Å². The number of carbonyl (C=O) groups is 1. The van der Waals surface area contributed by atoms with E-state index in [-0.39, 0.29) is 11.8 Å². The van der Waals surface area contributed by atoms with Gasteiger partial charge >= 0.3 is 0 Å². The zero-order chi connectivity index (χ0) is 24.0. The Balaban J connectivity index is 1.27. The third-order valence-electron chi connectivity index (χ3n) is 5.89. The molecule has 5 nitrogen and oxygen atoms in total. The molecular weight excluding hydrogens is 484 g/mol. The first kappa shape index (κ1) is 24.9. The number of carbonyl (C=O) groups excluding carboxylic acids is 1. The Morgan fingerprint density at radius 3 is 2.18 bits per heavy atom. The van der Waals surface area contributed by atoms with Crippen molar-refractivity contribution >= 4 is 45.1 Å². The summed E-state index contributed by atoms with van der Waals surface area (Å²) in [7, 11) is -3.54. The molecule has 0 saturated carbocycles. The molecular formula is C26H28N2O3S3. The molecule has 34 heavy (non-hydrogen) atoms. The van der Waals surface area contributed by atoms with Crippen molar-refractivity contribution in [1.29, 1.82) is 0 Å². The van der Waals surface area contributed by atoms with Crippen LogP contribution in [0.25, 0.3) is 0 Å². The van der Waals surface area contributed by atoms with E-state index in [1.165, 1.54) is 14.8 Å². The van der Waals surface area contributed by atoms with Crippen molar-refractivity contribution in [3.8, 4) is 0 Å². The number of nitrogens with zero attached hydrogens (tertiary/aromatic N) is 1. The molecule has 0 bridgehead atoms. The van der Waals surface area contributed by atoms with Crippen LogP contribution in [0.4, 0.5) is 5.69 Å². The zero-order valence-electron chi connectivity index (χ0n) is 19.0. The topological polar surface area (TPSA) is 66.5 Å². The maximum Gasteiger partial charge on any atom is 0.243 e. The summed E-state index contributed by atoms with van der Waals surface area (Å²) >= 11 is 3.35. The van der Waals surface area contributed by atoms with Crippen molar-refractivity contribution < 1.29 is 13.2 Å². The highest BCUT2D eigenvalue weighted by atomic mass is 32.2. The largest absolute Gasteiger partial charge is 0.326 e. The molecule has 1 amide bonds. The minimum absolute atomic E-state index is 0.0483. The van der Waals surface area contributed by atoms with E-state index in [1.54, 1.807) is 35.7 Å². The van der Waals surface area contributed by atoms with Crippen LogP contribution in [0, 0.1) is 5.92 Å². The molecule has 1 N–H and O–H groups in total. The van der Waals surface area contributed by atoms with Gasteiger partial charge in [-0.1, -0.05) is 30.3 Å². The van der Waals surface area contributed by atoms with E-state index in [9.17, 15) is 13.2 Å². The third kappa shape index (κ3) is 6.24. The summed E-state index contributed by atoms with van der Waals surface area (Å²) in [4.78, 5) is 15.3. The summed E-state index contributed by atoms with van der Waals surface area (Å²) in [6.07, 6.45) is 2.98. The minimum Gasteiger partial charge on any atom is -0.326 e. The van der Waals surface area contributed by atoms with E-state index in [0.717, 1.165) is 16.3 Å². The first-order valence-corrected chi connectivity index (χ1v) is 14.8. The first-order valence-electron chi connectivity index (χ1n) is 11.2. The molecule has 1 heterocycles. The molecule has 4 rings (SSSR count). The highest BCUT2D eigenvalue weighted by Crippen LogP contribution is 2.27. The molecule has 178 valence electrons. The van der Waals surface area contributed by atoms with Gasteiger partial charge in [0.15, 0.2) is 0 Å². The van der Waals surface area contributed by atoms with Crippen molar-refractivity contribution in [2.24, 2.45) is 5.92 Å². The number of hydrogen-bond donors (Lipinski definition) is 1. The van der Waals surface area contributed by atoms with Gasteiger partial charge in [-0.2, -0.15) is 4.31 Å². The van der Waals surface area contributed by atoms with E-state index in [2.05, 4.69) is 17.4 Å². The standard InChI is InChI=1S/C26H28N2O3S3/c1-32-23-11-13-25(14-12-23)34(30,31)28-17-15-21(16-18-28)26(29)27-22-9-7-20(8-10-22)19-33-24-5-3-2-4-6-24/h2-14,21H,15-19H2,1H3,(H,27,29). The number of amides is 1. The van der Waals surface area contributed by atoms with Crippen LogP contribution in [0.1, 0.15) is 18.4 Å². The lowest BCUT2D eigenvalue weighted by Gasteiger charge is -2.30. The number of rotatable bonds is 8. The van der Waals surface area contributed by atoms with Crippen molar-refractivity contribution in [3.63, 3.8) is 0 Å². The molecule has 0 spiro atoms. The van der Waals surface area contributed by atoms with Gasteiger partial charge in [0, 0.05) is 40.2 Å². The predicted molar refractivity (Wildman–Crippen MR) is 141 cm³/mol. The van der Waals surface area contributed by atoms with E-state index in [1.807, 2.05) is 60.9 Å². The van der Waals surface area contributed by atoms with Gasteiger partial charge in [-0.15, -0.1) is 23.5 Å². The van der Waals surface area contributed by atoms with Gasteiger partial charge in [0.2, 0.25) is 15.9 Å². The highest BCUT2D eigenvalue weighted by Gasteiger charge is 2.32. The Hall–Kier alpha value is -2.26. The molecule has 0 atom stereocenters. The number of nitrogens with one attached hydrogen (secondary N) is 1. The molecule has 0 radical (unpaired) electrons. The van der Waals surface area contributed by atoms with E-state index in [0.29, 0.717) is 30.8 Å². The van der Waals surface area contributed by atoms with Crippen LogP contribution >= 0.6 is 23.5 Å². The van der Waals surface area contributed by atoms with Crippen molar-refractivity contribution in [2.75, 3.05) is 24.7 Å². The minimum atomic E-state index is -3.54. The zero-order valence-corrected chi connectivity index (χ0v) is 21.5. The van der Waals surface area contributed by atoms with Crippen LogP contribution in [0.2, 0.25) is 0 Å². The monoisotopic (exact) mass is 512 g/mol.